The molecule has 2 heteroatoms. The van der Waals surface area contributed by atoms with Crippen molar-refractivity contribution in [3.8, 4) is 0 Å². The van der Waals surface area contributed by atoms with Crippen LogP contribution in [-0.4, -0.2) is 6.29 Å². The molecule has 0 unspecified atom stereocenters. The molecule has 3 rings (SSSR count). The van der Waals surface area contributed by atoms with Gasteiger partial charge in [0.2, 0.25) is 0 Å². The Kier molecular flexibility index (Phi) is 2.77. The van der Waals surface area contributed by atoms with Crippen LogP contribution in [0.2, 0.25) is 0 Å². The Morgan fingerprint density at radius 1 is 1.37 bits per heavy atom. The van der Waals surface area contributed by atoms with Gasteiger partial charge in [0.05, 0.1) is 0 Å². The molecular formula is C17H20O2. The Balaban J connectivity index is 2.13. The van der Waals surface area contributed by atoms with Gasteiger partial charge in [0.15, 0.2) is 0 Å². The number of fused-ring (bicyclic) bond motifs is 1. The van der Waals surface area contributed by atoms with Crippen molar-refractivity contribution < 1.29 is 9.21 Å². The maximum absolute atomic E-state index is 11.0. The Hall–Kier alpha value is -1.57. The predicted molar refractivity (Wildman–Crippen MR) is 76.5 cm³/mol. The molecule has 0 N–H and O–H groups in total. The molecule has 19 heavy (non-hydrogen) atoms. The third-order valence-electron chi connectivity index (χ3n) is 4.68. The SMILES string of the molecule is CCc1oc2ccc([C@@]3(C)C[C@H]3C=O)cc2c1CC. The summed E-state index contributed by atoms with van der Waals surface area (Å²) in [6.45, 7) is 6.48. The molecule has 1 aromatic carbocycles. The van der Waals surface area contributed by atoms with Crippen molar-refractivity contribution >= 4 is 17.3 Å². The van der Waals surface area contributed by atoms with Crippen LogP contribution in [-0.2, 0) is 23.1 Å². The zero-order valence-corrected chi connectivity index (χ0v) is 11.8. The monoisotopic (exact) mass is 256 g/mol. The number of aryl methyl sites for hydroxylation is 2. The number of benzene rings is 1. The average molecular weight is 256 g/mol. The molecule has 0 spiro atoms. The average Bonchev–Trinajstić information content (AvgIpc) is 2.98. The van der Waals surface area contributed by atoms with Crippen LogP contribution < -0.4 is 0 Å². The molecule has 1 aliphatic rings. The van der Waals surface area contributed by atoms with Crippen molar-refractivity contribution in [2.24, 2.45) is 5.92 Å². The summed E-state index contributed by atoms with van der Waals surface area (Å²) in [5.41, 5.74) is 3.62. The predicted octanol–water partition coefficient (Wildman–Crippen LogP) is 4.03. The van der Waals surface area contributed by atoms with Crippen LogP contribution in [0, 0.1) is 5.92 Å². The van der Waals surface area contributed by atoms with Crippen molar-refractivity contribution in [3.05, 3.63) is 35.1 Å². The van der Waals surface area contributed by atoms with Gasteiger partial charge in [-0.2, -0.15) is 0 Å². The first-order valence-electron chi connectivity index (χ1n) is 7.14. The van der Waals surface area contributed by atoms with E-state index in [9.17, 15) is 4.79 Å². The Labute approximate surface area is 113 Å². The molecule has 0 bridgehead atoms. The molecule has 2 aromatic rings. The lowest BCUT2D eigenvalue weighted by molar-refractivity contribution is -0.109. The third-order valence-corrected chi connectivity index (χ3v) is 4.68. The van der Waals surface area contributed by atoms with E-state index >= 15 is 0 Å². The van der Waals surface area contributed by atoms with Gasteiger partial charge < -0.3 is 9.21 Å². The van der Waals surface area contributed by atoms with Gasteiger partial charge in [0, 0.05) is 28.7 Å². The van der Waals surface area contributed by atoms with E-state index in [2.05, 4.69) is 39.0 Å². The second-order valence-corrected chi connectivity index (χ2v) is 5.79. The number of carbonyl (C=O) groups excluding carboxylic acids is 1. The summed E-state index contributed by atoms with van der Waals surface area (Å²) in [5.74, 6) is 1.29. The number of hydrogen-bond acceptors (Lipinski definition) is 2. The molecule has 0 aliphatic heterocycles. The minimum atomic E-state index is 0.0462. The molecule has 1 saturated carbocycles. The highest BCUT2D eigenvalue weighted by atomic mass is 16.3. The molecular weight excluding hydrogens is 236 g/mol. The van der Waals surface area contributed by atoms with Gasteiger partial charge in [-0.15, -0.1) is 0 Å². The third kappa shape index (κ3) is 1.73. The van der Waals surface area contributed by atoms with Gasteiger partial charge in [-0.25, -0.2) is 0 Å². The van der Waals surface area contributed by atoms with Crippen LogP contribution in [0.4, 0.5) is 0 Å². The number of aldehydes is 1. The van der Waals surface area contributed by atoms with Crippen molar-refractivity contribution in [2.45, 2.75) is 45.4 Å². The lowest BCUT2D eigenvalue weighted by Gasteiger charge is -2.09. The molecule has 1 aromatic heterocycles. The maximum atomic E-state index is 11.0. The number of carbonyl (C=O) groups is 1. The van der Waals surface area contributed by atoms with E-state index in [1.54, 1.807) is 0 Å². The van der Waals surface area contributed by atoms with Gasteiger partial charge in [-0.3, -0.25) is 0 Å². The Morgan fingerprint density at radius 3 is 2.74 bits per heavy atom. The van der Waals surface area contributed by atoms with Crippen molar-refractivity contribution in [1.82, 2.24) is 0 Å². The van der Waals surface area contributed by atoms with Gasteiger partial charge in [-0.1, -0.05) is 26.8 Å². The van der Waals surface area contributed by atoms with Crippen LogP contribution in [0.3, 0.4) is 0 Å². The standard InChI is InChI=1S/C17H20O2/c1-4-13-14-8-11(17(3)9-12(17)10-18)6-7-16(14)19-15(13)5-2/h6-8,10,12H,4-5,9H2,1-3H3/t12-,17+/m0/s1. The van der Waals surface area contributed by atoms with E-state index in [-0.39, 0.29) is 11.3 Å². The summed E-state index contributed by atoms with van der Waals surface area (Å²) >= 11 is 0. The first-order valence-corrected chi connectivity index (χ1v) is 7.14. The lowest BCUT2D eigenvalue weighted by atomic mass is 9.93. The van der Waals surface area contributed by atoms with E-state index in [1.807, 2.05) is 0 Å². The lowest BCUT2D eigenvalue weighted by Crippen LogP contribution is -2.04. The Morgan fingerprint density at radius 2 is 2.16 bits per heavy atom. The smallest absolute Gasteiger partial charge is 0.134 e. The number of hydrogen-bond donors (Lipinski definition) is 0. The molecule has 0 amide bonds. The zero-order chi connectivity index (χ0) is 13.6. The van der Waals surface area contributed by atoms with Crippen LogP contribution in [0.15, 0.2) is 22.6 Å². The van der Waals surface area contributed by atoms with Crippen molar-refractivity contribution in [3.63, 3.8) is 0 Å². The zero-order valence-electron chi connectivity index (χ0n) is 11.8. The van der Waals surface area contributed by atoms with Gasteiger partial charge in [-0.05, 0) is 30.5 Å². The quantitative estimate of drug-likeness (QED) is 0.773. The minimum absolute atomic E-state index is 0.0462. The van der Waals surface area contributed by atoms with E-state index < -0.39 is 0 Å². The molecule has 1 aliphatic carbocycles. The fraction of sp³-hybridized carbons (Fsp3) is 0.471. The molecule has 0 radical (unpaired) electrons. The summed E-state index contributed by atoms with van der Waals surface area (Å²) in [6, 6.07) is 6.42. The normalized spacial score (nSPS) is 25.7. The molecule has 2 atom stereocenters. The van der Waals surface area contributed by atoms with Gasteiger partial charge in [0.1, 0.15) is 17.6 Å². The molecule has 1 heterocycles. The Bertz CT molecular complexity index is 638. The van der Waals surface area contributed by atoms with Crippen LogP contribution >= 0.6 is 0 Å². The summed E-state index contributed by atoms with van der Waals surface area (Å²) in [7, 11) is 0. The number of furan rings is 1. The summed E-state index contributed by atoms with van der Waals surface area (Å²) < 4.78 is 5.91. The van der Waals surface area contributed by atoms with Gasteiger partial charge in [0.25, 0.3) is 0 Å². The van der Waals surface area contributed by atoms with Crippen LogP contribution in [0.1, 0.15) is 44.1 Å². The van der Waals surface area contributed by atoms with E-state index in [4.69, 9.17) is 4.42 Å². The summed E-state index contributed by atoms with van der Waals surface area (Å²) in [6.07, 6.45) is 3.99. The fourth-order valence-corrected chi connectivity index (χ4v) is 3.16. The second-order valence-electron chi connectivity index (χ2n) is 5.79. The second kappa shape index (κ2) is 4.22. The molecule has 2 nitrogen and oxygen atoms in total. The summed E-state index contributed by atoms with van der Waals surface area (Å²) in [5, 5.41) is 1.23. The minimum Gasteiger partial charge on any atom is -0.461 e. The number of rotatable bonds is 4. The topological polar surface area (TPSA) is 30.2 Å². The van der Waals surface area contributed by atoms with E-state index in [0.29, 0.717) is 0 Å². The molecule has 1 fully saturated rings. The highest BCUT2D eigenvalue weighted by molar-refractivity contribution is 5.84. The van der Waals surface area contributed by atoms with E-state index in [0.717, 1.165) is 36.9 Å². The maximum Gasteiger partial charge on any atom is 0.134 e. The van der Waals surface area contributed by atoms with E-state index in [1.165, 1.54) is 16.5 Å². The van der Waals surface area contributed by atoms with Crippen molar-refractivity contribution in [1.29, 1.82) is 0 Å². The molecule has 0 saturated heterocycles. The van der Waals surface area contributed by atoms with Crippen LogP contribution in [0.5, 0.6) is 0 Å². The van der Waals surface area contributed by atoms with Crippen molar-refractivity contribution in [2.75, 3.05) is 0 Å². The van der Waals surface area contributed by atoms with Gasteiger partial charge >= 0.3 is 0 Å². The highest BCUT2D eigenvalue weighted by Gasteiger charge is 2.51. The largest absolute Gasteiger partial charge is 0.461 e. The van der Waals surface area contributed by atoms with Crippen LogP contribution in [0.25, 0.3) is 11.0 Å². The fourth-order valence-electron chi connectivity index (χ4n) is 3.16. The highest BCUT2D eigenvalue weighted by Crippen LogP contribution is 2.53. The summed E-state index contributed by atoms with van der Waals surface area (Å²) in [4.78, 5) is 11.0. The molecule has 100 valence electrons. The first kappa shape index (κ1) is 12.5. The first-order chi connectivity index (χ1) is 9.13.